The Hall–Kier alpha value is -2.94. The highest BCUT2D eigenvalue weighted by atomic mass is 32.2. The maximum absolute atomic E-state index is 12.4. The number of benzene rings is 1. The lowest BCUT2D eigenvalue weighted by molar-refractivity contribution is 0.0950. The number of carbonyl (C=O) groups is 2. The molecule has 26 heavy (non-hydrogen) atoms. The van der Waals surface area contributed by atoms with Crippen molar-refractivity contribution in [2.75, 3.05) is 13.7 Å². The Morgan fingerprint density at radius 3 is 2.42 bits per heavy atom. The molecular weight excluding hydrogens is 358 g/mol. The first-order valence-electron chi connectivity index (χ1n) is 7.83. The molecular formula is C17H19N3O5S. The Morgan fingerprint density at radius 1 is 1.12 bits per heavy atom. The zero-order valence-corrected chi connectivity index (χ0v) is 15.2. The zero-order chi connectivity index (χ0) is 19.2. The molecule has 0 aliphatic rings. The van der Waals surface area contributed by atoms with E-state index >= 15 is 0 Å². The van der Waals surface area contributed by atoms with E-state index in [1.54, 1.807) is 0 Å². The molecule has 0 bridgehead atoms. The third-order valence-corrected chi connectivity index (χ3v) is 4.75. The molecule has 0 aliphatic carbocycles. The summed E-state index contributed by atoms with van der Waals surface area (Å²) >= 11 is 0. The lowest BCUT2D eigenvalue weighted by Crippen LogP contribution is -2.31. The predicted molar refractivity (Wildman–Crippen MR) is 94.5 cm³/mol. The average molecular weight is 377 g/mol. The second-order valence-electron chi connectivity index (χ2n) is 5.28. The molecule has 2 aromatic rings. The third-order valence-electron chi connectivity index (χ3n) is 3.40. The van der Waals surface area contributed by atoms with E-state index in [-0.39, 0.29) is 22.2 Å². The van der Waals surface area contributed by atoms with E-state index in [1.807, 2.05) is 11.6 Å². The van der Waals surface area contributed by atoms with Crippen molar-refractivity contribution in [3.05, 3.63) is 53.7 Å². The van der Waals surface area contributed by atoms with Gasteiger partial charge in [-0.1, -0.05) is 6.92 Å². The van der Waals surface area contributed by atoms with Crippen LogP contribution in [0.1, 0.15) is 34.1 Å². The first-order valence-corrected chi connectivity index (χ1v) is 9.31. The predicted octanol–water partition coefficient (Wildman–Crippen LogP) is 1.35. The second-order valence-corrected chi connectivity index (χ2v) is 6.96. The van der Waals surface area contributed by atoms with Crippen molar-refractivity contribution in [1.29, 1.82) is 0 Å². The van der Waals surface area contributed by atoms with E-state index in [9.17, 15) is 18.0 Å². The Morgan fingerprint density at radius 2 is 1.81 bits per heavy atom. The van der Waals surface area contributed by atoms with Gasteiger partial charge in [0.25, 0.3) is 21.8 Å². The van der Waals surface area contributed by atoms with Gasteiger partial charge in [0.2, 0.25) is 5.88 Å². The van der Waals surface area contributed by atoms with E-state index in [2.05, 4.69) is 10.3 Å². The van der Waals surface area contributed by atoms with Crippen molar-refractivity contribution in [1.82, 2.24) is 15.0 Å². The molecule has 2 rings (SSSR count). The van der Waals surface area contributed by atoms with Crippen LogP contribution in [0.2, 0.25) is 0 Å². The van der Waals surface area contributed by atoms with Gasteiger partial charge in [-0.3, -0.25) is 9.59 Å². The van der Waals surface area contributed by atoms with Crippen LogP contribution in [0, 0.1) is 0 Å². The molecule has 0 fully saturated rings. The molecule has 0 aliphatic heterocycles. The van der Waals surface area contributed by atoms with Crippen molar-refractivity contribution < 1.29 is 22.7 Å². The average Bonchev–Trinajstić information content (AvgIpc) is 2.65. The minimum Gasteiger partial charge on any atom is -0.480 e. The first kappa shape index (κ1) is 19.4. The minimum atomic E-state index is -4.11. The molecule has 0 spiro atoms. The number of nitrogens with zero attached hydrogens (tertiary/aromatic N) is 1. The lowest BCUT2D eigenvalue weighted by atomic mass is 10.2. The van der Waals surface area contributed by atoms with Crippen molar-refractivity contribution in [3.63, 3.8) is 0 Å². The molecule has 0 unspecified atom stereocenters. The number of pyridine rings is 1. The van der Waals surface area contributed by atoms with Crippen LogP contribution in [-0.4, -0.2) is 38.9 Å². The van der Waals surface area contributed by atoms with Gasteiger partial charge in [0.05, 0.1) is 12.0 Å². The Balaban J connectivity index is 2.17. The first-order chi connectivity index (χ1) is 12.4. The highest BCUT2D eigenvalue weighted by Crippen LogP contribution is 2.16. The molecule has 0 saturated carbocycles. The smallest absolute Gasteiger partial charge is 0.270 e. The summed E-state index contributed by atoms with van der Waals surface area (Å²) in [5, 5.41) is 2.69. The minimum absolute atomic E-state index is 0.00543. The highest BCUT2D eigenvalue weighted by molar-refractivity contribution is 7.90. The summed E-state index contributed by atoms with van der Waals surface area (Å²) in [6.07, 6.45) is 2.22. The second kappa shape index (κ2) is 8.43. The van der Waals surface area contributed by atoms with Crippen LogP contribution in [0.3, 0.4) is 0 Å². The largest absolute Gasteiger partial charge is 0.480 e. The van der Waals surface area contributed by atoms with Gasteiger partial charge in [-0.25, -0.2) is 18.1 Å². The van der Waals surface area contributed by atoms with Crippen LogP contribution in [0.5, 0.6) is 5.88 Å². The molecule has 1 aromatic heterocycles. The summed E-state index contributed by atoms with van der Waals surface area (Å²) in [5.41, 5.74) is 0.326. The number of hydrogen-bond acceptors (Lipinski definition) is 6. The van der Waals surface area contributed by atoms with E-state index in [0.717, 1.165) is 6.42 Å². The van der Waals surface area contributed by atoms with Crippen molar-refractivity contribution in [3.8, 4) is 5.88 Å². The number of rotatable bonds is 7. The number of methoxy groups -OCH3 is 1. The van der Waals surface area contributed by atoms with Gasteiger partial charge in [0.1, 0.15) is 5.56 Å². The molecule has 2 N–H and O–H groups in total. The van der Waals surface area contributed by atoms with Gasteiger partial charge in [-0.2, -0.15) is 0 Å². The number of ether oxygens (including phenoxy) is 1. The number of aromatic nitrogens is 1. The molecule has 0 saturated heterocycles. The maximum Gasteiger partial charge on any atom is 0.270 e. The summed E-state index contributed by atoms with van der Waals surface area (Å²) in [6, 6.07) is 8.18. The van der Waals surface area contributed by atoms with Crippen molar-refractivity contribution in [2.45, 2.75) is 18.2 Å². The fourth-order valence-electron chi connectivity index (χ4n) is 2.09. The van der Waals surface area contributed by atoms with Crippen LogP contribution in [0.25, 0.3) is 0 Å². The van der Waals surface area contributed by atoms with E-state index in [1.165, 1.54) is 49.7 Å². The quantitative estimate of drug-likeness (QED) is 0.753. The molecule has 1 aromatic carbocycles. The molecule has 0 atom stereocenters. The number of sulfonamides is 1. The fourth-order valence-corrected chi connectivity index (χ4v) is 3.05. The summed E-state index contributed by atoms with van der Waals surface area (Å²) in [4.78, 5) is 27.8. The van der Waals surface area contributed by atoms with E-state index < -0.39 is 15.9 Å². The van der Waals surface area contributed by atoms with Gasteiger partial charge in [-0.15, -0.1) is 0 Å². The number of nitrogens with one attached hydrogen (secondary N) is 2. The Kier molecular flexibility index (Phi) is 6.29. The van der Waals surface area contributed by atoms with Gasteiger partial charge in [0.15, 0.2) is 0 Å². The number of hydrogen-bond donors (Lipinski definition) is 2. The topological polar surface area (TPSA) is 114 Å². The van der Waals surface area contributed by atoms with E-state index in [0.29, 0.717) is 12.1 Å². The van der Waals surface area contributed by atoms with Crippen LogP contribution in [0.15, 0.2) is 47.5 Å². The molecule has 138 valence electrons. The van der Waals surface area contributed by atoms with Crippen LogP contribution in [0.4, 0.5) is 0 Å². The van der Waals surface area contributed by atoms with Crippen LogP contribution < -0.4 is 14.8 Å². The molecule has 1 heterocycles. The van der Waals surface area contributed by atoms with Crippen molar-refractivity contribution in [2.24, 2.45) is 0 Å². The van der Waals surface area contributed by atoms with Gasteiger partial charge in [0, 0.05) is 18.3 Å². The van der Waals surface area contributed by atoms with Gasteiger partial charge < -0.3 is 10.1 Å². The standard InChI is InChI=1S/C17H19N3O5S/c1-3-10-18-15(21)12-6-8-13(9-7-12)26(23,24)20-16(22)14-5-4-11-19-17(14)25-2/h4-9,11H,3,10H2,1-2H3,(H,18,21)(H,20,22). The lowest BCUT2D eigenvalue weighted by Gasteiger charge is -2.09. The zero-order valence-electron chi connectivity index (χ0n) is 14.4. The summed E-state index contributed by atoms with van der Waals surface area (Å²) in [7, 11) is -2.78. The summed E-state index contributed by atoms with van der Waals surface area (Å²) in [6.45, 7) is 2.46. The summed E-state index contributed by atoms with van der Waals surface area (Å²) < 4.78 is 31.7. The SMILES string of the molecule is CCCNC(=O)c1ccc(S(=O)(=O)NC(=O)c2cccnc2OC)cc1. The normalized spacial score (nSPS) is 10.8. The Labute approximate surface area is 151 Å². The molecule has 2 amide bonds. The van der Waals surface area contributed by atoms with Crippen molar-refractivity contribution >= 4 is 21.8 Å². The molecule has 8 nitrogen and oxygen atoms in total. The molecule has 9 heteroatoms. The van der Waals surface area contributed by atoms with Gasteiger partial charge in [-0.05, 0) is 42.8 Å². The highest BCUT2D eigenvalue weighted by Gasteiger charge is 2.21. The van der Waals surface area contributed by atoms with E-state index in [4.69, 9.17) is 4.74 Å². The molecule has 0 radical (unpaired) electrons. The van der Waals surface area contributed by atoms with Gasteiger partial charge >= 0.3 is 0 Å². The third kappa shape index (κ3) is 4.57. The number of carbonyl (C=O) groups excluding carboxylic acids is 2. The summed E-state index contributed by atoms with van der Waals surface area (Å²) in [5.74, 6) is -1.14. The number of amides is 2. The van der Waals surface area contributed by atoms with Crippen LogP contribution >= 0.6 is 0 Å². The fraction of sp³-hybridized carbons (Fsp3) is 0.235. The van der Waals surface area contributed by atoms with Crippen LogP contribution in [-0.2, 0) is 10.0 Å². The Bertz CT molecular complexity index is 895. The monoisotopic (exact) mass is 377 g/mol. The maximum atomic E-state index is 12.4.